The molecule has 0 aliphatic carbocycles. The number of aromatic nitrogens is 2. The van der Waals surface area contributed by atoms with E-state index in [2.05, 4.69) is 30.3 Å². The van der Waals surface area contributed by atoms with Gasteiger partial charge in [-0.15, -0.1) is 0 Å². The molecule has 1 heterocycles. The van der Waals surface area contributed by atoms with Gasteiger partial charge in [0.15, 0.2) is 0 Å². The van der Waals surface area contributed by atoms with Gasteiger partial charge in [0.2, 0.25) is 0 Å². The van der Waals surface area contributed by atoms with E-state index in [0.717, 1.165) is 29.9 Å². The molecule has 2 rings (SSSR count). The Labute approximate surface area is 136 Å². The lowest BCUT2D eigenvalue weighted by atomic mass is 9.92. The number of nitrogens with zero attached hydrogens (tertiary/aromatic N) is 2. The maximum absolute atomic E-state index is 6.28. The topological polar surface area (TPSA) is 43.8 Å². The van der Waals surface area contributed by atoms with Gasteiger partial charge in [0.1, 0.15) is 0 Å². The van der Waals surface area contributed by atoms with Crippen LogP contribution in [0.2, 0.25) is 10.0 Å². The first-order chi connectivity index (χ1) is 9.81. The lowest BCUT2D eigenvalue weighted by Crippen LogP contribution is -2.13. The van der Waals surface area contributed by atoms with Gasteiger partial charge in [0.05, 0.1) is 22.7 Å². The van der Waals surface area contributed by atoms with E-state index in [9.17, 15) is 0 Å². The molecule has 0 radical (unpaired) electrons. The third-order valence-electron chi connectivity index (χ3n) is 3.43. The zero-order valence-electron chi connectivity index (χ0n) is 12.7. The van der Waals surface area contributed by atoms with E-state index < -0.39 is 0 Å². The molecule has 0 aliphatic heterocycles. The van der Waals surface area contributed by atoms with Crippen LogP contribution in [-0.2, 0) is 13.1 Å². The molecule has 0 saturated carbocycles. The van der Waals surface area contributed by atoms with Crippen molar-refractivity contribution in [1.29, 1.82) is 0 Å². The van der Waals surface area contributed by atoms with Crippen LogP contribution in [-0.4, -0.2) is 9.55 Å². The number of imidazole rings is 1. The van der Waals surface area contributed by atoms with Gasteiger partial charge in [0.25, 0.3) is 0 Å². The summed E-state index contributed by atoms with van der Waals surface area (Å²) in [6, 6.07) is 5.43. The molecular weight excluding hydrogens is 305 g/mol. The second-order valence-electron chi connectivity index (χ2n) is 6.37. The fourth-order valence-corrected chi connectivity index (χ4v) is 2.67. The Kier molecular flexibility index (Phi) is 4.97. The van der Waals surface area contributed by atoms with Gasteiger partial charge in [-0.3, -0.25) is 0 Å². The van der Waals surface area contributed by atoms with Crippen LogP contribution in [0.5, 0.6) is 0 Å². The van der Waals surface area contributed by atoms with Crippen LogP contribution >= 0.6 is 23.2 Å². The summed E-state index contributed by atoms with van der Waals surface area (Å²) in [7, 11) is 0. The zero-order valence-corrected chi connectivity index (χ0v) is 14.2. The molecule has 0 atom stereocenters. The Bertz CT molecular complexity index is 627. The molecule has 21 heavy (non-hydrogen) atoms. The molecule has 2 N–H and O–H groups in total. The van der Waals surface area contributed by atoms with E-state index in [-0.39, 0.29) is 5.41 Å². The van der Waals surface area contributed by atoms with Gasteiger partial charge < -0.3 is 10.3 Å². The zero-order chi connectivity index (χ0) is 15.6. The molecule has 1 aromatic carbocycles. The Hall–Kier alpha value is -1.03. The Balaban J connectivity index is 2.35. The molecular formula is C16H21Cl2N3. The standard InChI is InChI=1S/C16H21Cl2N3/c1-16(2,3)6-7-21-10-20-15(14(21)9-19)12-5-4-11(17)8-13(12)18/h4-5,8,10H,6-7,9,19H2,1-3H3. The minimum atomic E-state index is 0.272. The van der Waals surface area contributed by atoms with Crippen molar-refractivity contribution >= 4 is 23.2 Å². The van der Waals surface area contributed by atoms with Crippen molar-refractivity contribution in [3.63, 3.8) is 0 Å². The molecule has 2 aromatic rings. The molecule has 0 saturated heterocycles. The van der Waals surface area contributed by atoms with Crippen molar-refractivity contribution in [3.8, 4) is 11.3 Å². The van der Waals surface area contributed by atoms with Gasteiger partial charge in [0, 0.05) is 23.7 Å². The Morgan fingerprint density at radius 3 is 2.52 bits per heavy atom. The summed E-state index contributed by atoms with van der Waals surface area (Å²) >= 11 is 12.2. The highest BCUT2D eigenvalue weighted by molar-refractivity contribution is 6.36. The summed E-state index contributed by atoms with van der Waals surface area (Å²) in [5.74, 6) is 0. The first-order valence-corrected chi connectivity index (χ1v) is 7.77. The molecule has 0 amide bonds. The number of benzene rings is 1. The lowest BCUT2D eigenvalue weighted by Gasteiger charge is -2.19. The lowest BCUT2D eigenvalue weighted by molar-refractivity contribution is 0.348. The van der Waals surface area contributed by atoms with Crippen molar-refractivity contribution in [2.75, 3.05) is 0 Å². The van der Waals surface area contributed by atoms with Gasteiger partial charge >= 0.3 is 0 Å². The predicted molar refractivity (Wildman–Crippen MR) is 89.6 cm³/mol. The van der Waals surface area contributed by atoms with Crippen molar-refractivity contribution in [1.82, 2.24) is 9.55 Å². The first-order valence-electron chi connectivity index (χ1n) is 7.01. The number of rotatable bonds is 4. The number of hydrogen-bond donors (Lipinski definition) is 1. The largest absolute Gasteiger partial charge is 0.333 e. The molecule has 0 spiro atoms. The molecule has 0 fully saturated rings. The van der Waals surface area contributed by atoms with Crippen LogP contribution in [0.4, 0.5) is 0 Å². The maximum atomic E-state index is 6.28. The average Bonchev–Trinajstić information content (AvgIpc) is 2.78. The second-order valence-corrected chi connectivity index (χ2v) is 7.22. The molecule has 0 unspecified atom stereocenters. The fourth-order valence-electron chi connectivity index (χ4n) is 2.18. The van der Waals surface area contributed by atoms with Gasteiger partial charge in [-0.05, 0) is 30.0 Å². The van der Waals surface area contributed by atoms with Crippen molar-refractivity contribution < 1.29 is 0 Å². The summed E-state index contributed by atoms with van der Waals surface area (Å²) < 4.78 is 2.12. The van der Waals surface area contributed by atoms with E-state index in [0.29, 0.717) is 16.6 Å². The van der Waals surface area contributed by atoms with E-state index in [1.807, 2.05) is 18.5 Å². The highest BCUT2D eigenvalue weighted by Crippen LogP contribution is 2.32. The third-order valence-corrected chi connectivity index (χ3v) is 3.98. The van der Waals surface area contributed by atoms with Crippen LogP contribution in [0.25, 0.3) is 11.3 Å². The van der Waals surface area contributed by atoms with Crippen LogP contribution in [0, 0.1) is 5.41 Å². The molecule has 1 aromatic heterocycles. The number of nitrogens with two attached hydrogens (primary N) is 1. The molecule has 114 valence electrons. The predicted octanol–water partition coefficient (Wildman–Crippen LogP) is 4.75. The molecule has 5 heteroatoms. The molecule has 0 aliphatic rings. The molecule has 0 bridgehead atoms. The van der Waals surface area contributed by atoms with Crippen LogP contribution < -0.4 is 5.73 Å². The normalized spacial score (nSPS) is 11.9. The summed E-state index contributed by atoms with van der Waals surface area (Å²) in [4.78, 5) is 4.50. The third kappa shape index (κ3) is 4.00. The van der Waals surface area contributed by atoms with Crippen LogP contribution in [0.3, 0.4) is 0 Å². The van der Waals surface area contributed by atoms with Gasteiger partial charge in [-0.2, -0.15) is 0 Å². The SMILES string of the molecule is CC(C)(C)CCn1cnc(-c2ccc(Cl)cc2Cl)c1CN. The van der Waals surface area contributed by atoms with Crippen LogP contribution in [0.15, 0.2) is 24.5 Å². The first kappa shape index (κ1) is 16.3. The average molecular weight is 326 g/mol. The monoisotopic (exact) mass is 325 g/mol. The second kappa shape index (κ2) is 6.39. The van der Waals surface area contributed by atoms with Crippen molar-refractivity contribution in [3.05, 3.63) is 40.3 Å². The highest BCUT2D eigenvalue weighted by Gasteiger charge is 2.16. The minimum absolute atomic E-state index is 0.272. The smallest absolute Gasteiger partial charge is 0.0956 e. The van der Waals surface area contributed by atoms with Crippen molar-refractivity contribution in [2.24, 2.45) is 11.1 Å². The van der Waals surface area contributed by atoms with E-state index in [1.54, 1.807) is 6.07 Å². The maximum Gasteiger partial charge on any atom is 0.0956 e. The summed E-state index contributed by atoms with van der Waals surface area (Å²) in [6.07, 6.45) is 2.90. The summed E-state index contributed by atoms with van der Waals surface area (Å²) in [5, 5.41) is 1.21. The minimum Gasteiger partial charge on any atom is -0.333 e. The van der Waals surface area contributed by atoms with Gasteiger partial charge in [-0.25, -0.2) is 4.98 Å². The van der Waals surface area contributed by atoms with Crippen LogP contribution in [0.1, 0.15) is 32.9 Å². The van der Waals surface area contributed by atoms with Crippen molar-refractivity contribution in [2.45, 2.75) is 40.3 Å². The highest BCUT2D eigenvalue weighted by atomic mass is 35.5. The summed E-state index contributed by atoms with van der Waals surface area (Å²) in [5.41, 5.74) is 8.91. The quantitative estimate of drug-likeness (QED) is 0.881. The van der Waals surface area contributed by atoms with Gasteiger partial charge in [-0.1, -0.05) is 44.0 Å². The fraction of sp³-hybridized carbons (Fsp3) is 0.438. The summed E-state index contributed by atoms with van der Waals surface area (Å²) in [6.45, 7) is 8.00. The number of halogens is 2. The Morgan fingerprint density at radius 1 is 1.24 bits per heavy atom. The molecule has 3 nitrogen and oxygen atoms in total. The van der Waals surface area contributed by atoms with E-state index in [1.165, 1.54) is 0 Å². The van der Waals surface area contributed by atoms with E-state index >= 15 is 0 Å². The number of hydrogen-bond acceptors (Lipinski definition) is 2. The number of aryl methyl sites for hydroxylation is 1. The Morgan fingerprint density at radius 2 is 1.95 bits per heavy atom. The van der Waals surface area contributed by atoms with E-state index in [4.69, 9.17) is 28.9 Å².